The number of nitrogens with zero attached hydrogens (tertiary/aromatic N) is 2. The van der Waals surface area contributed by atoms with Crippen LogP contribution >= 0.6 is 0 Å². The molecule has 2 aliphatic rings. The molecule has 0 aromatic heterocycles. The number of hydrogen-bond donors (Lipinski definition) is 0. The van der Waals surface area contributed by atoms with Crippen LogP contribution in [0.2, 0.25) is 0 Å². The number of ether oxygens (including phenoxy) is 1. The Morgan fingerprint density at radius 2 is 2.16 bits per heavy atom. The average Bonchev–Trinajstić information content (AvgIpc) is 2.57. The molecule has 4 nitrogen and oxygen atoms in total. The van der Waals surface area contributed by atoms with Crippen molar-refractivity contribution in [3.8, 4) is 0 Å². The lowest BCUT2D eigenvalue weighted by Crippen LogP contribution is -2.52. The van der Waals surface area contributed by atoms with E-state index in [9.17, 15) is 4.79 Å². The third kappa shape index (κ3) is 3.93. The van der Waals surface area contributed by atoms with Gasteiger partial charge in [0.2, 0.25) is 5.91 Å². The number of carbonyl (C=O) groups excluding carboxylic acids is 1. The van der Waals surface area contributed by atoms with E-state index in [1.165, 1.54) is 0 Å². The summed E-state index contributed by atoms with van der Waals surface area (Å²) in [6.07, 6.45) is 2.78. The molecule has 2 saturated heterocycles. The van der Waals surface area contributed by atoms with Crippen LogP contribution in [0.3, 0.4) is 0 Å². The van der Waals surface area contributed by atoms with Crippen LogP contribution in [0.15, 0.2) is 0 Å². The standard InChI is InChI=1S/C15H28N2O2/c1-12(2)4-5-15(18)17-8-9-19-11-13-10-16(3)7-6-14(13)17/h12-14H,4-11H2,1-3H3/t13-,14-/m1/s1. The molecule has 1 amide bonds. The van der Waals surface area contributed by atoms with Gasteiger partial charge >= 0.3 is 0 Å². The van der Waals surface area contributed by atoms with Gasteiger partial charge in [-0.1, -0.05) is 13.8 Å². The summed E-state index contributed by atoms with van der Waals surface area (Å²) in [5, 5.41) is 0. The molecule has 0 N–H and O–H groups in total. The molecular formula is C15H28N2O2. The van der Waals surface area contributed by atoms with Gasteiger partial charge in [0.05, 0.1) is 13.2 Å². The maximum atomic E-state index is 12.4. The predicted molar refractivity (Wildman–Crippen MR) is 76.0 cm³/mol. The van der Waals surface area contributed by atoms with Gasteiger partial charge in [0.1, 0.15) is 0 Å². The monoisotopic (exact) mass is 268 g/mol. The fourth-order valence-corrected chi connectivity index (χ4v) is 3.20. The Kier molecular flexibility index (Phi) is 5.22. The van der Waals surface area contributed by atoms with Gasteiger partial charge in [-0.25, -0.2) is 0 Å². The van der Waals surface area contributed by atoms with E-state index in [1.807, 2.05) is 0 Å². The van der Waals surface area contributed by atoms with Crippen molar-refractivity contribution in [3.05, 3.63) is 0 Å². The molecule has 4 heteroatoms. The third-order valence-corrected chi connectivity index (χ3v) is 4.36. The van der Waals surface area contributed by atoms with E-state index in [2.05, 4.69) is 30.7 Å². The fraction of sp³-hybridized carbons (Fsp3) is 0.933. The lowest BCUT2D eigenvalue weighted by atomic mass is 9.91. The second-order valence-corrected chi connectivity index (χ2v) is 6.47. The van der Waals surface area contributed by atoms with Crippen LogP contribution in [0.5, 0.6) is 0 Å². The molecule has 0 aromatic rings. The molecule has 0 aliphatic carbocycles. The molecule has 19 heavy (non-hydrogen) atoms. The quantitative estimate of drug-likeness (QED) is 0.779. The van der Waals surface area contributed by atoms with E-state index in [0.29, 0.717) is 36.8 Å². The second kappa shape index (κ2) is 6.71. The van der Waals surface area contributed by atoms with Gasteiger partial charge in [-0.15, -0.1) is 0 Å². The van der Waals surface area contributed by atoms with E-state index in [1.54, 1.807) is 0 Å². The first kappa shape index (κ1) is 14.8. The van der Waals surface area contributed by atoms with Gasteiger partial charge in [0.15, 0.2) is 0 Å². The highest BCUT2D eigenvalue weighted by molar-refractivity contribution is 5.76. The SMILES string of the molecule is CC(C)CCC(=O)N1CCOC[C@H]2CN(C)CC[C@H]21. The number of amides is 1. The van der Waals surface area contributed by atoms with E-state index in [0.717, 1.165) is 39.1 Å². The number of fused-ring (bicyclic) bond motifs is 1. The predicted octanol–water partition coefficient (Wildman–Crippen LogP) is 1.60. The summed E-state index contributed by atoms with van der Waals surface area (Å²) in [5.41, 5.74) is 0. The van der Waals surface area contributed by atoms with Gasteiger partial charge in [-0.3, -0.25) is 4.79 Å². The molecule has 0 aromatic carbocycles. The van der Waals surface area contributed by atoms with Crippen LogP contribution < -0.4 is 0 Å². The van der Waals surface area contributed by atoms with Crippen molar-refractivity contribution in [2.24, 2.45) is 11.8 Å². The number of carbonyl (C=O) groups is 1. The number of piperidine rings is 1. The van der Waals surface area contributed by atoms with Crippen molar-refractivity contribution in [2.45, 2.75) is 39.2 Å². The molecule has 2 heterocycles. The van der Waals surface area contributed by atoms with Crippen LogP contribution in [-0.4, -0.2) is 61.6 Å². The minimum absolute atomic E-state index is 0.332. The molecule has 0 saturated carbocycles. The van der Waals surface area contributed by atoms with E-state index < -0.39 is 0 Å². The number of hydrogen-bond acceptors (Lipinski definition) is 3. The Balaban J connectivity index is 1.99. The highest BCUT2D eigenvalue weighted by atomic mass is 16.5. The molecule has 2 atom stereocenters. The third-order valence-electron chi connectivity index (χ3n) is 4.36. The summed E-state index contributed by atoms with van der Waals surface area (Å²) in [5.74, 6) is 1.42. The number of likely N-dealkylation sites (tertiary alicyclic amines) is 1. The summed E-state index contributed by atoms with van der Waals surface area (Å²) >= 11 is 0. The Bertz CT molecular complexity index is 307. The summed E-state index contributed by atoms with van der Waals surface area (Å²) in [6, 6.07) is 0.401. The zero-order chi connectivity index (χ0) is 13.8. The Labute approximate surface area is 117 Å². The van der Waals surface area contributed by atoms with E-state index in [-0.39, 0.29) is 0 Å². The summed E-state index contributed by atoms with van der Waals surface area (Å²) in [4.78, 5) is 16.9. The molecular weight excluding hydrogens is 240 g/mol. The van der Waals surface area contributed by atoms with Crippen molar-refractivity contribution in [1.82, 2.24) is 9.80 Å². The molecule has 0 bridgehead atoms. The zero-order valence-corrected chi connectivity index (χ0v) is 12.6. The van der Waals surface area contributed by atoms with Gasteiger partial charge in [-0.2, -0.15) is 0 Å². The summed E-state index contributed by atoms with van der Waals surface area (Å²) in [7, 11) is 2.16. The van der Waals surface area contributed by atoms with Crippen molar-refractivity contribution >= 4 is 5.91 Å². The minimum atomic E-state index is 0.332. The number of rotatable bonds is 3. The smallest absolute Gasteiger partial charge is 0.222 e. The lowest BCUT2D eigenvalue weighted by molar-refractivity contribution is -0.135. The van der Waals surface area contributed by atoms with Crippen LogP contribution in [0.1, 0.15) is 33.1 Å². The summed E-state index contributed by atoms with van der Waals surface area (Å²) < 4.78 is 5.70. The normalized spacial score (nSPS) is 29.2. The topological polar surface area (TPSA) is 32.8 Å². The maximum Gasteiger partial charge on any atom is 0.222 e. The van der Waals surface area contributed by atoms with Crippen molar-refractivity contribution in [1.29, 1.82) is 0 Å². The van der Waals surface area contributed by atoms with Crippen molar-refractivity contribution < 1.29 is 9.53 Å². The Morgan fingerprint density at radius 3 is 2.89 bits per heavy atom. The first-order valence-corrected chi connectivity index (χ1v) is 7.63. The van der Waals surface area contributed by atoms with E-state index in [4.69, 9.17) is 4.74 Å². The average molecular weight is 268 g/mol. The maximum absolute atomic E-state index is 12.4. The highest BCUT2D eigenvalue weighted by Gasteiger charge is 2.36. The molecule has 2 aliphatic heterocycles. The van der Waals surface area contributed by atoms with Crippen molar-refractivity contribution in [3.63, 3.8) is 0 Å². The highest BCUT2D eigenvalue weighted by Crippen LogP contribution is 2.25. The lowest BCUT2D eigenvalue weighted by Gasteiger charge is -2.41. The molecule has 110 valence electrons. The molecule has 0 spiro atoms. The minimum Gasteiger partial charge on any atom is -0.379 e. The first-order valence-electron chi connectivity index (χ1n) is 7.63. The van der Waals surface area contributed by atoms with Crippen LogP contribution in [0.25, 0.3) is 0 Å². The van der Waals surface area contributed by atoms with Gasteiger partial charge in [0, 0.05) is 31.5 Å². The van der Waals surface area contributed by atoms with Crippen LogP contribution in [0, 0.1) is 11.8 Å². The van der Waals surface area contributed by atoms with Crippen LogP contribution in [-0.2, 0) is 9.53 Å². The largest absolute Gasteiger partial charge is 0.379 e. The second-order valence-electron chi connectivity index (χ2n) is 6.47. The Hall–Kier alpha value is -0.610. The molecule has 2 fully saturated rings. The molecule has 2 rings (SSSR count). The van der Waals surface area contributed by atoms with Gasteiger partial charge in [-0.05, 0) is 32.4 Å². The molecule has 0 radical (unpaired) electrons. The van der Waals surface area contributed by atoms with Gasteiger partial charge in [0.25, 0.3) is 0 Å². The zero-order valence-electron chi connectivity index (χ0n) is 12.6. The fourth-order valence-electron chi connectivity index (χ4n) is 3.20. The van der Waals surface area contributed by atoms with Crippen LogP contribution in [0.4, 0.5) is 0 Å². The first-order chi connectivity index (χ1) is 9.08. The van der Waals surface area contributed by atoms with Gasteiger partial charge < -0.3 is 14.5 Å². The Morgan fingerprint density at radius 1 is 1.37 bits per heavy atom. The van der Waals surface area contributed by atoms with E-state index >= 15 is 0 Å². The molecule has 0 unspecified atom stereocenters. The van der Waals surface area contributed by atoms with Crippen molar-refractivity contribution in [2.75, 3.05) is 39.9 Å². The summed E-state index contributed by atoms with van der Waals surface area (Å²) in [6.45, 7) is 8.79.